The molecule has 1 heterocycles. The standard InChI is InChI=1S/C12H18N4O2/c1-9-6-10(16(17)18)7-14-11(9)15-12(8-13)4-2-3-5-12/h6-7H,2-5,8,13H2,1H3,(H,14,15). The number of pyridine rings is 1. The Kier molecular flexibility index (Phi) is 3.47. The van der Waals surface area contributed by atoms with E-state index in [-0.39, 0.29) is 11.2 Å². The minimum absolute atomic E-state index is 0.0197. The molecule has 1 aromatic heterocycles. The zero-order valence-electron chi connectivity index (χ0n) is 10.5. The van der Waals surface area contributed by atoms with Gasteiger partial charge in [-0.1, -0.05) is 12.8 Å². The predicted octanol–water partition coefficient (Wildman–Crippen LogP) is 1.98. The van der Waals surface area contributed by atoms with Gasteiger partial charge in [0.1, 0.15) is 12.0 Å². The lowest BCUT2D eigenvalue weighted by molar-refractivity contribution is -0.385. The number of aromatic nitrogens is 1. The maximum absolute atomic E-state index is 10.7. The van der Waals surface area contributed by atoms with Crippen molar-refractivity contribution in [3.63, 3.8) is 0 Å². The predicted molar refractivity (Wildman–Crippen MR) is 69.5 cm³/mol. The first-order valence-corrected chi connectivity index (χ1v) is 6.16. The van der Waals surface area contributed by atoms with Gasteiger partial charge < -0.3 is 11.1 Å². The Morgan fingerprint density at radius 1 is 1.56 bits per heavy atom. The van der Waals surface area contributed by atoms with Crippen LogP contribution < -0.4 is 11.1 Å². The summed E-state index contributed by atoms with van der Waals surface area (Å²) >= 11 is 0. The molecular weight excluding hydrogens is 232 g/mol. The van der Waals surface area contributed by atoms with Crippen molar-refractivity contribution >= 4 is 11.5 Å². The third-order valence-electron chi connectivity index (χ3n) is 3.61. The van der Waals surface area contributed by atoms with Gasteiger partial charge in [-0.05, 0) is 25.3 Å². The SMILES string of the molecule is Cc1cc([N+](=O)[O-])cnc1NC1(CN)CCCC1. The van der Waals surface area contributed by atoms with Crippen LogP contribution >= 0.6 is 0 Å². The first kappa shape index (κ1) is 12.8. The van der Waals surface area contributed by atoms with E-state index in [0.717, 1.165) is 31.2 Å². The van der Waals surface area contributed by atoms with Crippen molar-refractivity contribution in [1.82, 2.24) is 4.98 Å². The molecule has 18 heavy (non-hydrogen) atoms. The van der Waals surface area contributed by atoms with Crippen LogP contribution in [0.15, 0.2) is 12.3 Å². The Labute approximate surface area is 106 Å². The van der Waals surface area contributed by atoms with Crippen molar-refractivity contribution in [1.29, 1.82) is 0 Å². The van der Waals surface area contributed by atoms with Gasteiger partial charge >= 0.3 is 0 Å². The fourth-order valence-electron chi connectivity index (χ4n) is 2.47. The molecule has 98 valence electrons. The molecule has 1 aliphatic rings. The number of nitrogens with two attached hydrogens (primary N) is 1. The molecule has 1 aliphatic carbocycles. The van der Waals surface area contributed by atoms with E-state index in [1.165, 1.54) is 12.3 Å². The maximum Gasteiger partial charge on any atom is 0.287 e. The van der Waals surface area contributed by atoms with E-state index in [1.807, 2.05) is 6.92 Å². The second kappa shape index (κ2) is 4.89. The highest BCUT2D eigenvalue weighted by Crippen LogP contribution is 2.33. The van der Waals surface area contributed by atoms with Crippen LogP contribution in [-0.2, 0) is 0 Å². The monoisotopic (exact) mass is 250 g/mol. The second-order valence-corrected chi connectivity index (χ2v) is 4.93. The Hall–Kier alpha value is -1.69. The second-order valence-electron chi connectivity index (χ2n) is 4.93. The molecule has 0 aromatic carbocycles. The fourth-order valence-corrected chi connectivity index (χ4v) is 2.47. The summed E-state index contributed by atoms with van der Waals surface area (Å²) in [6.07, 6.45) is 5.67. The third-order valence-corrected chi connectivity index (χ3v) is 3.61. The van der Waals surface area contributed by atoms with E-state index >= 15 is 0 Å². The van der Waals surface area contributed by atoms with Gasteiger partial charge in [-0.2, -0.15) is 0 Å². The highest BCUT2D eigenvalue weighted by molar-refractivity contribution is 5.50. The lowest BCUT2D eigenvalue weighted by atomic mass is 9.97. The molecule has 0 saturated heterocycles. The van der Waals surface area contributed by atoms with E-state index in [1.54, 1.807) is 0 Å². The van der Waals surface area contributed by atoms with Gasteiger partial charge in [-0.3, -0.25) is 10.1 Å². The molecule has 1 saturated carbocycles. The number of hydrogen-bond acceptors (Lipinski definition) is 5. The number of nitrogens with one attached hydrogen (secondary N) is 1. The van der Waals surface area contributed by atoms with Crippen molar-refractivity contribution in [2.75, 3.05) is 11.9 Å². The summed E-state index contributed by atoms with van der Waals surface area (Å²) in [6.45, 7) is 2.38. The van der Waals surface area contributed by atoms with Gasteiger partial charge in [-0.15, -0.1) is 0 Å². The van der Waals surface area contributed by atoms with E-state index in [4.69, 9.17) is 5.73 Å². The first-order valence-electron chi connectivity index (χ1n) is 6.16. The minimum Gasteiger partial charge on any atom is -0.363 e. The first-order chi connectivity index (χ1) is 8.56. The number of rotatable bonds is 4. The van der Waals surface area contributed by atoms with Gasteiger partial charge in [0.15, 0.2) is 0 Å². The molecule has 0 spiro atoms. The van der Waals surface area contributed by atoms with Crippen molar-refractivity contribution in [3.05, 3.63) is 27.9 Å². The van der Waals surface area contributed by atoms with E-state index in [2.05, 4.69) is 10.3 Å². The molecule has 1 aromatic rings. The Balaban J connectivity index is 2.21. The molecule has 2 rings (SSSR count). The van der Waals surface area contributed by atoms with Gasteiger partial charge in [-0.25, -0.2) is 4.98 Å². The van der Waals surface area contributed by atoms with Crippen LogP contribution in [-0.4, -0.2) is 22.0 Å². The lowest BCUT2D eigenvalue weighted by Crippen LogP contribution is -2.43. The summed E-state index contributed by atoms with van der Waals surface area (Å²) in [5.41, 5.74) is 6.56. The smallest absolute Gasteiger partial charge is 0.287 e. The molecule has 0 aliphatic heterocycles. The minimum atomic E-state index is -0.432. The summed E-state index contributed by atoms with van der Waals surface area (Å²) in [5, 5.41) is 14.0. The molecule has 6 heteroatoms. The molecule has 1 fully saturated rings. The van der Waals surface area contributed by atoms with Crippen molar-refractivity contribution in [3.8, 4) is 0 Å². The molecule has 0 radical (unpaired) electrons. The summed E-state index contributed by atoms with van der Waals surface area (Å²) in [4.78, 5) is 14.4. The highest BCUT2D eigenvalue weighted by atomic mass is 16.6. The zero-order valence-corrected chi connectivity index (χ0v) is 10.5. The van der Waals surface area contributed by atoms with Gasteiger partial charge in [0.25, 0.3) is 5.69 Å². The van der Waals surface area contributed by atoms with Gasteiger partial charge in [0.05, 0.1) is 10.5 Å². The van der Waals surface area contributed by atoms with Crippen LogP contribution in [0.3, 0.4) is 0 Å². The Bertz CT molecular complexity index is 455. The molecule has 0 bridgehead atoms. The van der Waals surface area contributed by atoms with Crippen LogP contribution in [0.4, 0.5) is 11.5 Å². The normalized spacial score (nSPS) is 17.7. The number of nitro groups is 1. The highest BCUT2D eigenvalue weighted by Gasteiger charge is 2.33. The molecule has 6 nitrogen and oxygen atoms in total. The Morgan fingerprint density at radius 2 is 2.22 bits per heavy atom. The summed E-state index contributed by atoms with van der Waals surface area (Å²) in [6, 6.07) is 1.54. The van der Waals surface area contributed by atoms with E-state index < -0.39 is 4.92 Å². The zero-order chi connectivity index (χ0) is 13.2. The van der Waals surface area contributed by atoms with Crippen LogP contribution in [0, 0.1) is 17.0 Å². The Morgan fingerprint density at radius 3 is 2.72 bits per heavy atom. The molecule has 0 atom stereocenters. The third kappa shape index (κ3) is 2.43. The van der Waals surface area contributed by atoms with Crippen molar-refractivity contribution in [2.24, 2.45) is 5.73 Å². The summed E-state index contributed by atoms with van der Waals surface area (Å²) < 4.78 is 0. The number of hydrogen-bond donors (Lipinski definition) is 2. The number of aryl methyl sites for hydroxylation is 1. The van der Waals surface area contributed by atoms with Crippen LogP contribution in [0.5, 0.6) is 0 Å². The van der Waals surface area contributed by atoms with Crippen molar-refractivity contribution < 1.29 is 4.92 Å². The number of anilines is 1. The van der Waals surface area contributed by atoms with E-state index in [9.17, 15) is 10.1 Å². The lowest BCUT2D eigenvalue weighted by Gasteiger charge is -2.29. The average molecular weight is 250 g/mol. The van der Waals surface area contributed by atoms with Crippen LogP contribution in [0.25, 0.3) is 0 Å². The quantitative estimate of drug-likeness (QED) is 0.629. The average Bonchev–Trinajstić information content (AvgIpc) is 2.81. The van der Waals surface area contributed by atoms with Crippen molar-refractivity contribution in [2.45, 2.75) is 38.1 Å². The van der Waals surface area contributed by atoms with Crippen LogP contribution in [0.1, 0.15) is 31.2 Å². The fraction of sp³-hybridized carbons (Fsp3) is 0.583. The summed E-state index contributed by atoms with van der Waals surface area (Å²) in [7, 11) is 0. The maximum atomic E-state index is 10.7. The van der Waals surface area contributed by atoms with Gasteiger partial charge in [0.2, 0.25) is 0 Å². The topological polar surface area (TPSA) is 94.1 Å². The van der Waals surface area contributed by atoms with Gasteiger partial charge in [0, 0.05) is 12.6 Å². The summed E-state index contributed by atoms with van der Waals surface area (Å²) in [5.74, 6) is 0.702. The molecular formula is C12H18N4O2. The number of nitrogens with zero attached hydrogens (tertiary/aromatic N) is 2. The largest absolute Gasteiger partial charge is 0.363 e. The molecule has 0 amide bonds. The molecule has 0 unspecified atom stereocenters. The van der Waals surface area contributed by atoms with Crippen LogP contribution in [0.2, 0.25) is 0 Å². The molecule has 3 N–H and O–H groups in total. The van der Waals surface area contributed by atoms with E-state index in [0.29, 0.717) is 12.4 Å².